The van der Waals surface area contributed by atoms with E-state index in [4.69, 9.17) is 4.74 Å². The van der Waals surface area contributed by atoms with Crippen LogP contribution in [0.5, 0.6) is 0 Å². The summed E-state index contributed by atoms with van der Waals surface area (Å²) in [5.74, 6) is -0.0367. The van der Waals surface area contributed by atoms with Gasteiger partial charge in [-0.3, -0.25) is 9.59 Å². The number of hydrogen-bond acceptors (Lipinski definition) is 5. The van der Waals surface area contributed by atoms with Crippen molar-refractivity contribution in [2.24, 2.45) is 0 Å². The highest BCUT2D eigenvalue weighted by Gasteiger charge is 2.20. The molecule has 0 rings (SSSR count). The topological polar surface area (TPSA) is 95.9 Å². The second kappa shape index (κ2) is 65.3. The highest BCUT2D eigenvalue weighted by Crippen LogP contribution is 2.18. The second-order valence-electron chi connectivity index (χ2n) is 23.1. The summed E-state index contributed by atoms with van der Waals surface area (Å²) in [6.45, 7) is 4.92. The van der Waals surface area contributed by atoms with Crippen molar-refractivity contribution in [3.8, 4) is 0 Å². The minimum Gasteiger partial charge on any atom is -0.466 e. The smallest absolute Gasteiger partial charge is 0.305 e. The van der Waals surface area contributed by atoms with Crippen LogP contribution in [0.2, 0.25) is 0 Å². The molecule has 446 valence electrons. The Morgan fingerprint density at radius 1 is 0.368 bits per heavy atom. The van der Waals surface area contributed by atoms with Gasteiger partial charge in [-0.05, 0) is 83.5 Å². The van der Waals surface area contributed by atoms with Gasteiger partial charge in [0.25, 0.3) is 0 Å². The Labute approximate surface area is 474 Å². The van der Waals surface area contributed by atoms with Gasteiger partial charge in [0.1, 0.15) is 0 Å². The van der Waals surface area contributed by atoms with E-state index in [2.05, 4.69) is 67.8 Å². The standard InChI is InChI=1S/C70H131NO5/c1-3-5-7-9-11-13-15-17-19-35-38-42-46-50-54-58-62-68(73)67(66-72)71-69(74)63-59-55-51-47-43-39-36-33-31-29-27-25-23-21-20-22-24-26-28-30-32-34-37-41-45-49-53-57-61-65-76-70(75)64-60-56-52-48-44-40-18-16-14-12-10-8-6-4-2/h10,12,16,18,20,22,26,28,67-68,72-73H,3-9,11,13-15,17,19,21,23-25,27,29-66H2,1-2H3,(H,71,74)/b12-10-,18-16-,22-20-,28-26-. The average Bonchev–Trinajstić information content (AvgIpc) is 3.42. The average molecular weight is 1070 g/mol. The van der Waals surface area contributed by atoms with Crippen molar-refractivity contribution >= 4 is 11.9 Å². The summed E-state index contributed by atoms with van der Waals surface area (Å²) in [7, 11) is 0. The highest BCUT2D eigenvalue weighted by molar-refractivity contribution is 5.76. The third-order valence-electron chi connectivity index (χ3n) is 15.6. The lowest BCUT2D eigenvalue weighted by atomic mass is 10.0. The van der Waals surface area contributed by atoms with Crippen LogP contribution in [-0.4, -0.2) is 47.4 Å². The zero-order chi connectivity index (χ0) is 55.0. The van der Waals surface area contributed by atoms with E-state index in [1.165, 1.54) is 270 Å². The van der Waals surface area contributed by atoms with Crippen molar-refractivity contribution in [2.45, 2.75) is 373 Å². The van der Waals surface area contributed by atoms with Crippen LogP contribution in [0.1, 0.15) is 361 Å². The summed E-state index contributed by atoms with van der Waals surface area (Å²) >= 11 is 0. The van der Waals surface area contributed by atoms with Gasteiger partial charge in [-0.15, -0.1) is 0 Å². The van der Waals surface area contributed by atoms with Crippen molar-refractivity contribution in [3.05, 3.63) is 48.6 Å². The number of esters is 1. The third kappa shape index (κ3) is 61.0. The molecule has 0 aliphatic carbocycles. The van der Waals surface area contributed by atoms with Crippen LogP contribution < -0.4 is 5.32 Å². The fraction of sp³-hybridized carbons (Fsp3) is 0.857. The number of allylic oxidation sites excluding steroid dienone is 8. The van der Waals surface area contributed by atoms with Gasteiger partial charge in [0, 0.05) is 12.8 Å². The first kappa shape index (κ1) is 73.8. The summed E-state index contributed by atoms with van der Waals surface area (Å²) in [5, 5.41) is 23.3. The van der Waals surface area contributed by atoms with Gasteiger partial charge in [-0.25, -0.2) is 0 Å². The van der Waals surface area contributed by atoms with Gasteiger partial charge < -0.3 is 20.3 Å². The van der Waals surface area contributed by atoms with Crippen LogP contribution in [0, 0.1) is 0 Å². The van der Waals surface area contributed by atoms with E-state index in [0.29, 0.717) is 25.9 Å². The lowest BCUT2D eigenvalue weighted by molar-refractivity contribution is -0.143. The quantitative estimate of drug-likeness (QED) is 0.0320. The SMILES string of the molecule is CCCC/C=C\C/C=C\CCCCCCCC(=O)OCCCCCCCCCCC/C=C\C/C=C\CCCCCCCCCCCCCCCC(=O)NC(CO)C(O)CCCCCCCCCCCCCCCCCC. The molecular weight excluding hydrogens is 935 g/mol. The molecular formula is C70H131NO5. The van der Waals surface area contributed by atoms with Crippen LogP contribution >= 0.6 is 0 Å². The van der Waals surface area contributed by atoms with Crippen molar-refractivity contribution in [1.82, 2.24) is 5.32 Å². The first-order valence-corrected chi connectivity index (χ1v) is 33.9. The lowest BCUT2D eigenvalue weighted by Crippen LogP contribution is -2.45. The molecule has 0 aromatic carbocycles. The molecule has 0 spiro atoms. The van der Waals surface area contributed by atoms with Crippen molar-refractivity contribution < 1.29 is 24.5 Å². The van der Waals surface area contributed by atoms with Crippen LogP contribution in [-0.2, 0) is 14.3 Å². The normalized spacial score (nSPS) is 12.8. The maximum Gasteiger partial charge on any atom is 0.305 e. The second-order valence-corrected chi connectivity index (χ2v) is 23.1. The fourth-order valence-corrected chi connectivity index (χ4v) is 10.4. The van der Waals surface area contributed by atoms with Crippen molar-refractivity contribution in [1.29, 1.82) is 0 Å². The summed E-state index contributed by atoms with van der Waals surface area (Å²) < 4.78 is 5.47. The van der Waals surface area contributed by atoms with E-state index in [1.807, 2.05) is 0 Å². The molecule has 0 bridgehead atoms. The predicted molar refractivity (Wildman–Crippen MR) is 333 cm³/mol. The van der Waals surface area contributed by atoms with Gasteiger partial charge in [0.05, 0.1) is 25.4 Å². The van der Waals surface area contributed by atoms with Crippen molar-refractivity contribution in [3.63, 3.8) is 0 Å². The zero-order valence-electron chi connectivity index (χ0n) is 51.0. The number of aliphatic hydroxyl groups excluding tert-OH is 2. The Morgan fingerprint density at radius 2 is 0.671 bits per heavy atom. The van der Waals surface area contributed by atoms with E-state index in [1.54, 1.807) is 0 Å². The summed E-state index contributed by atoms with van der Waals surface area (Å²) in [6.07, 6.45) is 84.3. The molecule has 0 saturated carbocycles. The van der Waals surface area contributed by atoms with E-state index in [-0.39, 0.29) is 18.5 Å². The van der Waals surface area contributed by atoms with Crippen LogP contribution in [0.3, 0.4) is 0 Å². The molecule has 0 aromatic rings. The third-order valence-corrected chi connectivity index (χ3v) is 15.6. The summed E-state index contributed by atoms with van der Waals surface area (Å²) in [6, 6.07) is -0.543. The van der Waals surface area contributed by atoms with E-state index >= 15 is 0 Å². The minimum atomic E-state index is -0.666. The largest absolute Gasteiger partial charge is 0.466 e. The molecule has 0 fully saturated rings. The van der Waals surface area contributed by atoms with Crippen LogP contribution in [0.4, 0.5) is 0 Å². The van der Waals surface area contributed by atoms with E-state index in [0.717, 1.165) is 57.8 Å². The minimum absolute atomic E-state index is 0.00270. The summed E-state index contributed by atoms with van der Waals surface area (Å²) in [5.41, 5.74) is 0. The van der Waals surface area contributed by atoms with Gasteiger partial charge >= 0.3 is 5.97 Å². The lowest BCUT2D eigenvalue weighted by Gasteiger charge is -2.22. The van der Waals surface area contributed by atoms with Gasteiger partial charge in [-0.2, -0.15) is 0 Å². The number of ether oxygens (including phenoxy) is 1. The number of unbranched alkanes of at least 4 members (excludes halogenated alkanes) is 44. The Bertz CT molecular complexity index is 1270. The molecule has 0 radical (unpaired) electrons. The maximum atomic E-state index is 12.5. The molecule has 0 heterocycles. The molecule has 1 amide bonds. The molecule has 76 heavy (non-hydrogen) atoms. The number of rotatable bonds is 63. The molecule has 3 N–H and O–H groups in total. The molecule has 2 unspecified atom stereocenters. The molecule has 0 saturated heterocycles. The first-order chi connectivity index (χ1) is 37.5. The number of carbonyl (C=O) groups excluding carboxylic acids is 2. The van der Waals surface area contributed by atoms with Crippen LogP contribution in [0.25, 0.3) is 0 Å². The Hall–Kier alpha value is -2.18. The number of amides is 1. The molecule has 0 aromatic heterocycles. The van der Waals surface area contributed by atoms with Crippen LogP contribution in [0.15, 0.2) is 48.6 Å². The fourth-order valence-electron chi connectivity index (χ4n) is 10.4. The van der Waals surface area contributed by atoms with E-state index < -0.39 is 12.1 Å². The van der Waals surface area contributed by atoms with E-state index in [9.17, 15) is 19.8 Å². The number of aliphatic hydroxyl groups is 2. The predicted octanol–water partition coefficient (Wildman–Crippen LogP) is 21.7. The Balaban J connectivity index is 3.41. The molecule has 0 aliphatic rings. The maximum absolute atomic E-state index is 12.5. The van der Waals surface area contributed by atoms with Crippen molar-refractivity contribution in [2.75, 3.05) is 13.2 Å². The first-order valence-electron chi connectivity index (χ1n) is 33.9. The van der Waals surface area contributed by atoms with Gasteiger partial charge in [0.2, 0.25) is 5.91 Å². The zero-order valence-corrected chi connectivity index (χ0v) is 51.0. The highest BCUT2D eigenvalue weighted by atomic mass is 16.5. The van der Waals surface area contributed by atoms with Gasteiger partial charge in [0.15, 0.2) is 0 Å². The molecule has 6 heteroatoms. The molecule has 0 aliphatic heterocycles. The summed E-state index contributed by atoms with van der Waals surface area (Å²) in [4.78, 5) is 24.6. The molecule has 2 atom stereocenters. The monoisotopic (exact) mass is 1070 g/mol. The van der Waals surface area contributed by atoms with Gasteiger partial charge in [-0.1, -0.05) is 313 Å². The molecule has 6 nitrogen and oxygen atoms in total. The Kier molecular flexibility index (Phi) is 63.5. The number of hydrogen-bond donors (Lipinski definition) is 3. The number of carbonyl (C=O) groups is 2. The number of nitrogens with one attached hydrogen (secondary N) is 1. The Morgan fingerprint density at radius 3 is 1.04 bits per heavy atom.